The molecule has 0 atom stereocenters. The molecule has 0 saturated carbocycles. The number of fused-ring (bicyclic) bond motifs is 1. The van der Waals surface area contributed by atoms with Gasteiger partial charge in [-0.15, -0.1) is 0 Å². The second-order valence-corrected chi connectivity index (χ2v) is 7.52. The van der Waals surface area contributed by atoms with Gasteiger partial charge in [-0.25, -0.2) is 4.79 Å². The number of aromatic nitrogens is 2. The van der Waals surface area contributed by atoms with Crippen molar-refractivity contribution in [2.45, 2.75) is 46.6 Å². The molecule has 0 amide bonds. The summed E-state index contributed by atoms with van der Waals surface area (Å²) in [6, 6.07) is 5.71. The van der Waals surface area contributed by atoms with Gasteiger partial charge >= 0.3 is 5.97 Å². The number of nitrogens with zero attached hydrogens (tertiary/aromatic N) is 2. The molecule has 0 fully saturated rings. The second-order valence-electron chi connectivity index (χ2n) is 7.16. The van der Waals surface area contributed by atoms with Gasteiger partial charge in [0.25, 0.3) is 0 Å². The summed E-state index contributed by atoms with van der Waals surface area (Å²) in [7, 11) is 0. The number of ketones is 1. The molecule has 0 saturated heterocycles. The van der Waals surface area contributed by atoms with Gasteiger partial charge in [-0.3, -0.25) is 9.48 Å². The van der Waals surface area contributed by atoms with E-state index < -0.39 is 5.97 Å². The zero-order chi connectivity index (χ0) is 18.8. The van der Waals surface area contributed by atoms with Crippen LogP contribution in [-0.2, 0) is 24.1 Å². The van der Waals surface area contributed by atoms with E-state index in [1.807, 2.05) is 26.0 Å². The number of hydrogen-bond donors (Lipinski definition) is 0. The summed E-state index contributed by atoms with van der Waals surface area (Å²) >= 11 is 6.28. The monoisotopic (exact) mass is 374 g/mol. The van der Waals surface area contributed by atoms with E-state index >= 15 is 0 Å². The lowest BCUT2D eigenvalue weighted by Gasteiger charge is -2.07. The highest BCUT2D eigenvalue weighted by Crippen LogP contribution is 2.24. The largest absolute Gasteiger partial charge is 0.454 e. The van der Waals surface area contributed by atoms with Crippen molar-refractivity contribution in [1.82, 2.24) is 9.78 Å². The van der Waals surface area contributed by atoms with Crippen molar-refractivity contribution < 1.29 is 14.3 Å². The normalized spacial score (nSPS) is 13.1. The van der Waals surface area contributed by atoms with Gasteiger partial charge in [0.2, 0.25) is 0 Å². The summed E-state index contributed by atoms with van der Waals surface area (Å²) in [5.74, 6) is -0.481. The van der Waals surface area contributed by atoms with Gasteiger partial charge < -0.3 is 4.74 Å². The van der Waals surface area contributed by atoms with Crippen LogP contribution in [0.2, 0.25) is 5.15 Å². The Bertz CT molecular complexity index is 855. The van der Waals surface area contributed by atoms with Gasteiger partial charge in [0.1, 0.15) is 10.7 Å². The Balaban J connectivity index is 1.67. The Hall–Kier alpha value is -2.14. The van der Waals surface area contributed by atoms with E-state index in [0.29, 0.717) is 23.7 Å². The van der Waals surface area contributed by atoms with E-state index in [9.17, 15) is 9.59 Å². The second kappa shape index (κ2) is 7.62. The maximum Gasteiger partial charge on any atom is 0.343 e. The SMILES string of the molecule is Cc1nn(CC(C)C)c(Cl)c1C(=O)OCC(=O)c1ccc2c(c1)CCC2. The number of hydrogen-bond acceptors (Lipinski definition) is 4. The van der Waals surface area contributed by atoms with Gasteiger partial charge in [-0.2, -0.15) is 5.10 Å². The zero-order valence-corrected chi connectivity index (χ0v) is 16.1. The minimum Gasteiger partial charge on any atom is -0.454 e. The molecule has 1 aromatic heterocycles. The molecule has 0 unspecified atom stereocenters. The number of Topliss-reactive ketones (excluding diaryl/α,β-unsaturated/α-hetero) is 1. The fourth-order valence-corrected chi connectivity index (χ4v) is 3.60. The molecule has 6 heteroatoms. The molecule has 1 aliphatic rings. The predicted octanol–water partition coefficient (Wildman–Crippen LogP) is 4.03. The zero-order valence-electron chi connectivity index (χ0n) is 15.3. The number of ether oxygens (including phenoxy) is 1. The number of rotatable bonds is 6. The molecular weight excluding hydrogens is 352 g/mol. The highest BCUT2D eigenvalue weighted by molar-refractivity contribution is 6.32. The predicted molar refractivity (Wildman–Crippen MR) is 99.9 cm³/mol. The summed E-state index contributed by atoms with van der Waals surface area (Å²) in [5.41, 5.74) is 3.84. The van der Waals surface area contributed by atoms with Crippen molar-refractivity contribution in [3.63, 3.8) is 0 Å². The highest BCUT2D eigenvalue weighted by atomic mass is 35.5. The fraction of sp³-hybridized carbons (Fsp3) is 0.450. The number of carbonyl (C=O) groups excluding carboxylic acids is 2. The molecule has 3 rings (SSSR count). The molecule has 0 aliphatic heterocycles. The first-order chi connectivity index (χ1) is 12.4. The van der Waals surface area contributed by atoms with Crippen molar-refractivity contribution in [2.75, 3.05) is 6.61 Å². The molecule has 0 radical (unpaired) electrons. The van der Waals surface area contributed by atoms with Gasteiger partial charge in [0, 0.05) is 12.1 Å². The van der Waals surface area contributed by atoms with Crippen LogP contribution in [0.5, 0.6) is 0 Å². The third-order valence-corrected chi connectivity index (χ3v) is 4.95. The molecule has 1 aliphatic carbocycles. The average molecular weight is 375 g/mol. The van der Waals surface area contributed by atoms with Crippen LogP contribution in [0.25, 0.3) is 0 Å². The summed E-state index contributed by atoms with van der Waals surface area (Å²) in [4.78, 5) is 24.8. The van der Waals surface area contributed by atoms with E-state index in [1.165, 1.54) is 11.1 Å². The molecular formula is C20H23ClN2O3. The molecule has 0 spiro atoms. The Kier molecular flexibility index (Phi) is 5.47. The minimum atomic E-state index is -0.614. The van der Waals surface area contributed by atoms with Crippen LogP contribution >= 0.6 is 11.6 Å². The van der Waals surface area contributed by atoms with Crippen LogP contribution in [-0.4, -0.2) is 28.1 Å². The van der Waals surface area contributed by atoms with Crippen LogP contribution in [0.3, 0.4) is 0 Å². The number of esters is 1. The first-order valence-electron chi connectivity index (χ1n) is 8.92. The van der Waals surface area contributed by atoms with Gasteiger partial charge in [0.05, 0.1) is 5.69 Å². The smallest absolute Gasteiger partial charge is 0.343 e. The van der Waals surface area contributed by atoms with E-state index in [-0.39, 0.29) is 23.1 Å². The maximum absolute atomic E-state index is 12.4. The fourth-order valence-electron chi connectivity index (χ4n) is 3.28. The minimum absolute atomic E-state index is 0.212. The van der Waals surface area contributed by atoms with Crippen molar-refractivity contribution in [3.8, 4) is 0 Å². The van der Waals surface area contributed by atoms with Crippen LogP contribution in [0.4, 0.5) is 0 Å². The van der Waals surface area contributed by atoms with Crippen LogP contribution in [0.1, 0.15) is 57.8 Å². The van der Waals surface area contributed by atoms with Gasteiger partial charge in [-0.1, -0.05) is 37.6 Å². The summed E-state index contributed by atoms with van der Waals surface area (Å²) in [5, 5.41) is 4.55. The van der Waals surface area contributed by atoms with Crippen molar-refractivity contribution >= 4 is 23.4 Å². The van der Waals surface area contributed by atoms with Crippen molar-refractivity contribution in [3.05, 3.63) is 51.3 Å². The number of halogens is 1. The van der Waals surface area contributed by atoms with Gasteiger partial charge in [0.15, 0.2) is 12.4 Å². The highest BCUT2D eigenvalue weighted by Gasteiger charge is 2.23. The quantitative estimate of drug-likeness (QED) is 0.565. The standard InChI is InChI=1S/C20H23ClN2O3/c1-12(2)10-23-19(21)18(13(3)22-23)20(25)26-11-17(24)16-8-7-14-5-4-6-15(14)9-16/h7-9,12H,4-6,10-11H2,1-3H3. The van der Waals surface area contributed by atoms with E-state index in [2.05, 4.69) is 5.10 Å². The van der Waals surface area contributed by atoms with E-state index in [4.69, 9.17) is 16.3 Å². The third-order valence-electron chi connectivity index (χ3n) is 4.56. The Morgan fingerprint density at radius 1 is 1.27 bits per heavy atom. The number of carbonyl (C=O) groups is 2. The Labute approximate surface area is 158 Å². The van der Waals surface area contributed by atoms with Crippen LogP contribution in [0.15, 0.2) is 18.2 Å². The molecule has 26 heavy (non-hydrogen) atoms. The molecule has 1 aromatic carbocycles. The summed E-state index contributed by atoms with van der Waals surface area (Å²) in [6.45, 7) is 6.10. The van der Waals surface area contributed by atoms with Crippen LogP contribution < -0.4 is 0 Å². The molecule has 138 valence electrons. The summed E-state index contributed by atoms with van der Waals surface area (Å²) < 4.78 is 6.82. The molecule has 1 heterocycles. The third kappa shape index (κ3) is 3.83. The Morgan fingerprint density at radius 2 is 2.00 bits per heavy atom. The average Bonchev–Trinajstić information content (AvgIpc) is 3.16. The number of aryl methyl sites for hydroxylation is 3. The number of benzene rings is 1. The Morgan fingerprint density at radius 3 is 2.73 bits per heavy atom. The maximum atomic E-state index is 12.4. The lowest BCUT2D eigenvalue weighted by molar-refractivity contribution is 0.0474. The van der Waals surface area contributed by atoms with Crippen molar-refractivity contribution in [2.24, 2.45) is 5.92 Å². The lowest BCUT2D eigenvalue weighted by Crippen LogP contribution is -2.15. The van der Waals surface area contributed by atoms with E-state index in [1.54, 1.807) is 17.7 Å². The molecule has 0 bridgehead atoms. The van der Waals surface area contributed by atoms with E-state index in [0.717, 1.165) is 19.3 Å². The molecule has 0 N–H and O–H groups in total. The summed E-state index contributed by atoms with van der Waals surface area (Å²) in [6.07, 6.45) is 3.19. The first-order valence-corrected chi connectivity index (χ1v) is 9.29. The van der Waals surface area contributed by atoms with Gasteiger partial charge in [-0.05, 0) is 49.3 Å². The van der Waals surface area contributed by atoms with Crippen molar-refractivity contribution in [1.29, 1.82) is 0 Å². The topological polar surface area (TPSA) is 61.2 Å². The van der Waals surface area contributed by atoms with Crippen LogP contribution in [0, 0.1) is 12.8 Å². The first kappa shape index (κ1) is 18.6. The molecule has 2 aromatic rings. The molecule has 5 nitrogen and oxygen atoms in total. The lowest BCUT2D eigenvalue weighted by atomic mass is 10.0.